The average Bonchev–Trinajstić information content (AvgIpc) is 2.45. The van der Waals surface area contributed by atoms with E-state index in [0.717, 1.165) is 0 Å². The first-order valence-electron chi connectivity index (χ1n) is 5.57. The number of carbonyl (C=O) groups is 1. The van der Waals surface area contributed by atoms with Crippen molar-refractivity contribution < 1.29 is 19.0 Å². The number of hydrogen-bond donors (Lipinski definition) is 0. The monoisotopic (exact) mass is 265 g/mol. The quantitative estimate of drug-likeness (QED) is 0.728. The number of methoxy groups -OCH3 is 2. The molecule has 1 aromatic rings. The maximum atomic E-state index is 11.9. The highest BCUT2D eigenvalue weighted by atomic mass is 16.5. The van der Waals surface area contributed by atoms with Gasteiger partial charge in [0.15, 0.2) is 5.82 Å². The summed E-state index contributed by atoms with van der Waals surface area (Å²) in [5, 5.41) is 9.25. The summed E-state index contributed by atoms with van der Waals surface area (Å²) >= 11 is 0. The largest absolute Gasteiger partial charge is 0.481 e. The number of hydrogen-bond acceptors (Lipinski definition) is 7. The maximum Gasteiger partial charge on any atom is 0.334 e. The second-order valence-corrected chi connectivity index (χ2v) is 3.73. The van der Waals surface area contributed by atoms with Crippen molar-refractivity contribution in [2.45, 2.75) is 19.3 Å². The molecule has 1 aromatic heterocycles. The molecule has 0 bridgehead atoms. The van der Waals surface area contributed by atoms with Crippen LogP contribution < -0.4 is 9.47 Å². The van der Waals surface area contributed by atoms with Crippen molar-refractivity contribution in [3.8, 4) is 17.8 Å². The fraction of sp³-hybridized carbons (Fsp3) is 0.500. The molecule has 0 aliphatic carbocycles. The van der Waals surface area contributed by atoms with Crippen LogP contribution in [-0.2, 0) is 14.9 Å². The smallest absolute Gasteiger partial charge is 0.334 e. The number of nitrogens with zero attached hydrogens (tertiary/aromatic N) is 3. The van der Waals surface area contributed by atoms with Crippen molar-refractivity contribution >= 4 is 5.97 Å². The molecule has 0 saturated heterocycles. The number of carbonyl (C=O) groups excluding carboxylic acids is 1. The third kappa shape index (κ3) is 2.91. The van der Waals surface area contributed by atoms with E-state index in [2.05, 4.69) is 9.97 Å². The normalized spacial score (nSPS) is 13.0. The lowest BCUT2D eigenvalue weighted by Gasteiger charge is -2.18. The predicted octanol–water partition coefficient (Wildman–Crippen LogP) is 0.838. The van der Waals surface area contributed by atoms with Crippen LogP contribution in [0.25, 0.3) is 0 Å². The summed E-state index contributed by atoms with van der Waals surface area (Å²) in [6.07, 6.45) is 0. The number of ether oxygens (including phenoxy) is 3. The van der Waals surface area contributed by atoms with Crippen LogP contribution in [0.5, 0.6) is 11.8 Å². The molecule has 0 aliphatic rings. The Morgan fingerprint density at radius 1 is 1.37 bits per heavy atom. The molecule has 0 fully saturated rings. The first-order valence-corrected chi connectivity index (χ1v) is 5.57. The number of esters is 1. The van der Waals surface area contributed by atoms with Gasteiger partial charge in [-0.15, -0.1) is 0 Å². The molecule has 0 aromatic carbocycles. The highest BCUT2D eigenvalue weighted by Crippen LogP contribution is 2.26. The van der Waals surface area contributed by atoms with Gasteiger partial charge in [0.2, 0.25) is 17.2 Å². The molecule has 102 valence electrons. The van der Waals surface area contributed by atoms with E-state index in [-0.39, 0.29) is 24.2 Å². The van der Waals surface area contributed by atoms with Crippen LogP contribution in [0.15, 0.2) is 6.07 Å². The average molecular weight is 265 g/mol. The first-order chi connectivity index (χ1) is 9.01. The highest BCUT2D eigenvalue weighted by molar-refractivity contribution is 5.85. The Hall–Kier alpha value is -2.36. The molecule has 0 amide bonds. The van der Waals surface area contributed by atoms with E-state index >= 15 is 0 Å². The summed E-state index contributed by atoms with van der Waals surface area (Å²) in [4.78, 5) is 19.9. The van der Waals surface area contributed by atoms with Crippen molar-refractivity contribution in [3.63, 3.8) is 0 Å². The summed E-state index contributed by atoms with van der Waals surface area (Å²) in [5.74, 6) is -0.335. The summed E-state index contributed by atoms with van der Waals surface area (Å²) in [6.45, 7) is 3.21. The predicted molar refractivity (Wildman–Crippen MR) is 64.7 cm³/mol. The summed E-state index contributed by atoms with van der Waals surface area (Å²) < 4.78 is 14.8. The first kappa shape index (κ1) is 14.7. The van der Waals surface area contributed by atoms with E-state index in [1.165, 1.54) is 27.2 Å². The molecule has 7 heteroatoms. The second-order valence-electron chi connectivity index (χ2n) is 3.73. The van der Waals surface area contributed by atoms with Crippen molar-refractivity contribution in [2.75, 3.05) is 20.8 Å². The number of aromatic nitrogens is 2. The Bertz CT molecular complexity index is 490. The van der Waals surface area contributed by atoms with Crippen LogP contribution in [0.3, 0.4) is 0 Å². The molecule has 1 atom stereocenters. The second kappa shape index (κ2) is 6.00. The maximum absolute atomic E-state index is 11.9. The molecule has 1 heterocycles. The van der Waals surface area contributed by atoms with E-state index in [0.29, 0.717) is 0 Å². The lowest BCUT2D eigenvalue weighted by atomic mass is 9.91. The zero-order valence-electron chi connectivity index (χ0n) is 11.3. The van der Waals surface area contributed by atoms with E-state index in [4.69, 9.17) is 14.2 Å². The zero-order valence-corrected chi connectivity index (χ0v) is 11.3. The van der Waals surface area contributed by atoms with E-state index < -0.39 is 11.4 Å². The van der Waals surface area contributed by atoms with E-state index in [1.54, 1.807) is 6.92 Å². The molecule has 7 nitrogen and oxygen atoms in total. The van der Waals surface area contributed by atoms with Gasteiger partial charge in [-0.1, -0.05) is 0 Å². The van der Waals surface area contributed by atoms with Gasteiger partial charge in [0.25, 0.3) is 0 Å². The highest BCUT2D eigenvalue weighted by Gasteiger charge is 2.41. The van der Waals surface area contributed by atoms with E-state index in [9.17, 15) is 10.1 Å². The fourth-order valence-electron chi connectivity index (χ4n) is 1.30. The molecule has 19 heavy (non-hydrogen) atoms. The lowest BCUT2D eigenvalue weighted by molar-refractivity contribution is -0.147. The minimum atomic E-state index is -1.61. The molecular formula is C12H15N3O4. The summed E-state index contributed by atoms with van der Waals surface area (Å²) in [5.41, 5.74) is -1.61. The molecule has 0 radical (unpaired) electrons. The van der Waals surface area contributed by atoms with Gasteiger partial charge in [-0.05, 0) is 13.8 Å². The molecule has 0 aliphatic heterocycles. The van der Waals surface area contributed by atoms with Gasteiger partial charge >= 0.3 is 5.97 Å². The van der Waals surface area contributed by atoms with Crippen LogP contribution in [0, 0.1) is 11.3 Å². The van der Waals surface area contributed by atoms with Crippen LogP contribution in [0.1, 0.15) is 19.7 Å². The topological polar surface area (TPSA) is 94.3 Å². The van der Waals surface area contributed by atoms with Crippen molar-refractivity contribution in [1.29, 1.82) is 5.26 Å². The third-order valence-electron chi connectivity index (χ3n) is 2.45. The zero-order chi connectivity index (χ0) is 14.5. The van der Waals surface area contributed by atoms with Gasteiger partial charge in [0.1, 0.15) is 0 Å². The number of rotatable bonds is 5. The van der Waals surface area contributed by atoms with Crippen LogP contribution >= 0.6 is 0 Å². The molecule has 0 saturated carbocycles. The SMILES string of the molecule is CCOC(=O)C(C)(C#N)c1nc(OC)cc(OC)n1. The van der Waals surface area contributed by atoms with Gasteiger partial charge in [-0.2, -0.15) is 15.2 Å². The molecule has 1 unspecified atom stereocenters. The standard InChI is InChI=1S/C12H15N3O4/c1-5-19-11(16)12(2,7-13)10-14-8(17-3)6-9(15-10)18-4/h6H,5H2,1-4H3. The van der Waals surface area contributed by atoms with Crippen molar-refractivity contribution in [2.24, 2.45) is 0 Å². The third-order valence-corrected chi connectivity index (χ3v) is 2.45. The summed E-state index contributed by atoms with van der Waals surface area (Å²) in [7, 11) is 2.83. The molecule has 0 N–H and O–H groups in total. The van der Waals surface area contributed by atoms with Gasteiger partial charge in [-0.3, -0.25) is 0 Å². The lowest BCUT2D eigenvalue weighted by Crippen LogP contribution is -2.35. The van der Waals surface area contributed by atoms with Gasteiger partial charge in [-0.25, -0.2) is 4.79 Å². The van der Waals surface area contributed by atoms with Gasteiger partial charge in [0.05, 0.1) is 33.0 Å². The van der Waals surface area contributed by atoms with Crippen LogP contribution in [0.4, 0.5) is 0 Å². The van der Waals surface area contributed by atoms with E-state index in [1.807, 2.05) is 6.07 Å². The Morgan fingerprint density at radius 2 is 1.89 bits per heavy atom. The minimum absolute atomic E-state index is 0.0235. The van der Waals surface area contributed by atoms with Gasteiger partial charge in [0, 0.05) is 0 Å². The molecular weight excluding hydrogens is 250 g/mol. The Balaban J connectivity index is 3.32. The summed E-state index contributed by atoms with van der Waals surface area (Å²) in [6, 6.07) is 3.32. The number of nitriles is 1. The van der Waals surface area contributed by atoms with Crippen LogP contribution in [0.2, 0.25) is 0 Å². The Morgan fingerprint density at radius 3 is 2.26 bits per heavy atom. The minimum Gasteiger partial charge on any atom is -0.481 e. The van der Waals surface area contributed by atoms with Crippen molar-refractivity contribution in [1.82, 2.24) is 9.97 Å². The van der Waals surface area contributed by atoms with Gasteiger partial charge < -0.3 is 14.2 Å². The Labute approximate surface area is 111 Å². The van der Waals surface area contributed by atoms with Crippen LogP contribution in [-0.4, -0.2) is 36.8 Å². The Kier molecular flexibility index (Phi) is 4.64. The molecule has 0 spiro atoms. The van der Waals surface area contributed by atoms with Crippen molar-refractivity contribution in [3.05, 3.63) is 11.9 Å². The molecule has 1 rings (SSSR count). The fourth-order valence-corrected chi connectivity index (χ4v) is 1.30.